The number of carbonyl (C=O) groups is 1. The van der Waals surface area contributed by atoms with Crippen LogP contribution in [0.3, 0.4) is 0 Å². The molecule has 1 aromatic heterocycles. The first-order valence-electron chi connectivity index (χ1n) is 9.35. The Hall–Kier alpha value is -2.47. The fourth-order valence-electron chi connectivity index (χ4n) is 3.92. The van der Waals surface area contributed by atoms with E-state index in [1.807, 2.05) is 26.8 Å². The van der Waals surface area contributed by atoms with Crippen LogP contribution in [0.15, 0.2) is 24.4 Å². The standard InChI is InChI=1S/C23H26N2O/c1-13(2)23(26)22(17-6-7-17)18-9-15(4)21(16(5)10-18)19-8-14(3)20(11-24)25-12-19/h8-10,12-13,17,22H,6-7H2,1-5H3. The molecule has 3 heteroatoms. The second-order valence-corrected chi connectivity index (χ2v) is 7.90. The Morgan fingerprint density at radius 2 is 1.73 bits per heavy atom. The number of nitriles is 1. The summed E-state index contributed by atoms with van der Waals surface area (Å²) in [4.78, 5) is 17.1. The summed E-state index contributed by atoms with van der Waals surface area (Å²) in [5.41, 5.74) is 7.02. The molecule has 3 rings (SSSR count). The number of pyridine rings is 1. The average molecular weight is 346 g/mol. The third-order valence-corrected chi connectivity index (χ3v) is 5.36. The van der Waals surface area contributed by atoms with Gasteiger partial charge in [0.1, 0.15) is 17.5 Å². The lowest BCUT2D eigenvalue weighted by Gasteiger charge is -2.21. The second kappa shape index (κ2) is 7.03. The highest BCUT2D eigenvalue weighted by Gasteiger charge is 2.38. The molecular formula is C23H26N2O. The molecule has 26 heavy (non-hydrogen) atoms. The molecule has 1 fully saturated rings. The predicted molar refractivity (Wildman–Crippen MR) is 104 cm³/mol. The van der Waals surface area contributed by atoms with Gasteiger partial charge in [0, 0.05) is 23.6 Å². The van der Waals surface area contributed by atoms with Crippen molar-refractivity contribution >= 4 is 5.78 Å². The molecule has 1 aliphatic rings. The lowest BCUT2D eigenvalue weighted by atomic mass is 9.82. The van der Waals surface area contributed by atoms with Crippen molar-refractivity contribution in [1.82, 2.24) is 4.98 Å². The van der Waals surface area contributed by atoms with Gasteiger partial charge in [0.25, 0.3) is 0 Å². The highest BCUT2D eigenvalue weighted by Crippen LogP contribution is 2.45. The molecule has 134 valence electrons. The average Bonchev–Trinajstić information content (AvgIpc) is 3.39. The quantitative estimate of drug-likeness (QED) is 0.741. The summed E-state index contributed by atoms with van der Waals surface area (Å²) in [6, 6.07) is 8.51. The Labute approximate surface area is 156 Å². The van der Waals surface area contributed by atoms with Crippen molar-refractivity contribution < 1.29 is 4.79 Å². The number of carbonyl (C=O) groups excluding carboxylic acids is 1. The van der Waals surface area contributed by atoms with Gasteiger partial charge in [-0.1, -0.05) is 26.0 Å². The summed E-state index contributed by atoms with van der Waals surface area (Å²) < 4.78 is 0. The van der Waals surface area contributed by atoms with Crippen molar-refractivity contribution in [3.05, 3.63) is 52.3 Å². The highest BCUT2D eigenvalue weighted by atomic mass is 16.1. The van der Waals surface area contributed by atoms with Gasteiger partial charge >= 0.3 is 0 Å². The maximum atomic E-state index is 12.8. The Balaban J connectivity index is 2.05. The Morgan fingerprint density at radius 3 is 2.19 bits per heavy atom. The van der Waals surface area contributed by atoms with E-state index in [2.05, 4.69) is 37.0 Å². The Morgan fingerprint density at radius 1 is 1.12 bits per heavy atom. The summed E-state index contributed by atoms with van der Waals surface area (Å²) in [5, 5.41) is 9.10. The summed E-state index contributed by atoms with van der Waals surface area (Å²) in [7, 11) is 0. The lowest BCUT2D eigenvalue weighted by Crippen LogP contribution is -2.20. The molecule has 0 amide bonds. The molecule has 1 atom stereocenters. The van der Waals surface area contributed by atoms with E-state index in [1.165, 1.54) is 0 Å². The van der Waals surface area contributed by atoms with E-state index in [0.717, 1.165) is 46.2 Å². The number of ketones is 1. The number of nitrogens with zero attached hydrogens (tertiary/aromatic N) is 2. The van der Waals surface area contributed by atoms with Gasteiger partial charge in [-0.3, -0.25) is 4.79 Å². The first-order chi connectivity index (χ1) is 12.3. The van der Waals surface area contributed by atoms with Crippen LogP contribution >= 0.6 is 0 Å². The zero-order valence-electron chi connectivity index (χ0n) is 16.3. The minimum atomic E-state index is 0.0299. The summed E-state index contributed by atoms with van der Waals surface area (Å²) in [6.45, 7) is 10.1. The van der Waals surface area contributed by atoms with Crippen molar-refractivity contribution in [2.45, 2.75) is 53.4 Å². The van der Waals surface area contributed by atoms with Gasteiger partial charge in [0.05, 0.1) is 0 Å². The molecule has 0 bridgehead atoms. The molecule has 0 saturated heterocycles. The molecule has 1 aromatic carbocycles. The molecule has 1 aliphatic carbocycles. The zero-order chi connectivity index (χ0) is 19.0. The van der Waals surface area contributed by atoms with Gasteiger partial charge < -0.3 is 0 Å². The van der Waals surface area contributed by atoms with Crippen LogP contribution in [-0.4, -0.2) is 10.8 Å². The molecule has 0 N–H and O–H groups in total. The Kier molecular flexibility index (Phi) is 4.96. The zero-order valence-corrected chi connectivity index (χ0v) is 16.3. The van der Waals surface area contributed by atoms with E-state index < -0.39 is 0 Å². The van der Waals surface area contributed by atoms with Crippen molar-refractivity contribution in [2.24, 2.45) is 11.8 Å². The summed E-state index contributed by atoms with van der Waals surface area (Å²) in [6.07, 6.45) is 4.08. The van der Waals surface area contributed by atoms with Crippen LogP contribution in [0.5, 0.6) is 0 Å². The third kappa shape index (κ3) is 3.42. The number of benzene rings is 1. The van der Waals surface area contributed by atoms with Crippen molar-refractivity contribution in [1.29, 1.82) is 5.26 Å². The molecule has 1 saturated carbocycles. The second-order valence-electron chi connectivity index (χ2n) is 7.90. The van der Waals surface area contributed by atoms with Gasteiger partial charge in [0.15, 0.2) is 0 Å². The van der Waals surface area contributed by atoms with Crippen molar-refractivity contribution in [2.75, 3.05) is 0 Å². The van der Waals surface area contributed by atoms with Crippen LogP contribution in [0.2, 0.25) is 0 Å². The SMILES string of the molecule is Cc1cc(-c2c(C)cc(C(C(=O)C(C)C)C3CC3)cc2C)cnc1C#N. The fraction of sp³-hybridized carbons (Fsp3) is 0.435. The van der Waals surface area contributed by atoms with Crippen LogP contribution in [0.25, 0.3) is 11.1 Å². The molecule has 1 unspecified atom stereocenters. The summed E-state index contributed by atoms with van der Waals surface area (Å²) >= 11 is 0. The molecule has 0 spiro atoms. The molecule has 0 aliphatic heterocycles. The van der Waals surface area contributed by atoms with Gasteiger partial charge in [-0.15, -0.1) is 0 Å². The highest BCUT2D eigenvalue weighted by molar-refractivity contribution is 5.88. The number of hydrogen-bond donors (Lipinski definition) is 0. The number of Topliss-reactive ketones (excluding diaryl/α,β-unsaturated/α-hetero) is 1. The molecule has 1 heterocycles. The van der Waals surface area contributed by atoms with Crippen LogP contribution < -0.4 is 0 Å². The van der Waals surface area contributed by atoms with Crippen molar-refractivity contribution in [3.63, 3.8) is 0 Å². The summed E-state index contributed by atoms with van der Waals surface area (Å²) in [5.74, 6) is 0.955. The maximum absolute atomic E-state index is 12.8. The number of aromatic nitrogens is 1. The minimum Gasteiger partial charge on any atom is -0.299 e. The van der Waals surface area contributed by atoms with E-state index in [9.17, 15) is 4.79 Å². The Bertz CT molecular complexity index is 878. The fourth-order valence-corrected chi connectivity index (χ4v) is 3.92. The smallest absolute Gasteiger partial charge is 0.143 e. The van der Waals surface area contributed by atoms with E-state index in [-0.39, 0.29) is 11.8 Å². The van der Waals surface area contributed by atoms with Crippen LogP contribution in [-0.2, 0) is 4.79 Å². The predicted octanol–water partition coefficient (Wildman–Crippen LogP) is 5.26. The third-order valence-electron chi connectivity index (χ3n) is 5.36. The molecule has 2 aromatic rings. The van der Waals surface area contributed by atoms with Gasteiger partial charge in [-0.05, 0) is 73.4 Å². The number of hydrogen-bond acceptors (Lipinski definition) is 3. The minimum absolute atomic E-state index is 0.0299. The van der Waals surface area contributed by atoms with Gasteiger partial charge in [-0.2, -0.15) is 5.26 Å². The van der Waals surface area contributed by atoms with E-state index in [1.54, 1.807) is 6.20 Å². The van der Waals surface area contributed by atoms with Gasteiger partial charge in [-0.25, -0.2) is 4.98 Å². The van der Waals surface area contributed by atoms with Crippen LogP contribution in [0.1, 0.15) is 60.6 Å². The normalized spacial score (nSPS) is 15.0. The van der Waals surface area contributed by atoms with Crippen LogP contribution in [0, 0.1) is 43.9 Å². The van der Waals surface area contributed by atoms with E-state index in [0.29, 0.717) is 17.4 Å². The number of rotatable bonds is 5. The maximum Gasteiger partial charge on any atom is 0.143 e. The largest absolute Gasteiger partial charge is 0.299 e. The van der Waals surface area contributed by atoms with Gasteiger partial charge in [0.2, 0.25) is 0 Å². The molecule has 3 nitrogen and oxygen atoms in total. The monoisotopic (exact) mass is 346 g/mol. The lowest BCUT2D eigenvalue weighted by molar-refractivity contribution is -0.123. The first-order valence-corrected chi connectivity index (χ1v) is 9.35. The molecule has 0 radical (unpaired) electrons. The van der Waals surface area contributed by atoms with Crippen molar-refractivity contribution in [3.8, 4) is 17.2 Å². The topological polar surface area (TPSA) is 53.8 Å². The van der Waals surface area contributed by atoms with E-state index >= 15 is 0 Å². The first kappa shape index (κ1) is 18.3. The van der Waals surface area contributed by atoms with Crippen LogP contribution in [0.4, 0.5) is 0 Å². The number of aryl methyl sites for hydroxylation is 3. The molecular weight excluding hydrogens is 320 g/mol. The van der Waals surface area contributed by atoms with E-state index in [4.69, 9.17) is 5.26 Å².